The Morgan fingerprint density at radius 2 is 0.844 bits per heavy atom. The van der Waals surface area contributed by atoms with Crippen LogP contribution in [0.2, 0.25) is 0 Å². The molecule has 504 valence electrons. The summed E-state index contributed by atoms with van der Waals surface area (Å²) in [6, 6.07) is 48.4. The van der Waals surface area contributed by atoms with Crippen LogP contribution in [0.15, 0.2) is 140 Å². The predicted octanol–water partition coefficient (Wildman–Crippen LogP) is 27.4. The van der Waals surface area contributed by atoms with Crippen LogP contribution in [0.4, 0.5) is 0 Å². The summed E-state index contributed by atoms with van der Waals surface area (Å²) in [4.78, 5) is 0. The number of ether oxygens (including phenoxy) is 8. The fraction of sp³-hybridized carbons (Fsp3) is 0.386. The fourth-order valence-corrected chi connectivity index (χ4v) is 13.3. The fourth-order valence-electron chi connectivity index (χ4n) is 13.3. The van der Waals surface area contributed by atoms with E-state index in [0.717, 1.165) is 87.1 Å². The van der Waals surface area contributed by atoms with E-state index < -0.39 is 0 Å². The van der Waals surface area contributed by atoms with Crippen LogP contribution in [-0.4, -0.2) is 0 Å². The molecule has 0 amide bonds. The summed E-state index contributed by atoms with van der Waals surface area (Å²) in [5.74, 6) is 9.47. The summed E-state index contributed by atoms with van der Waals surface area (Å²) in [7, 11) is 0. The lowest BCUT2D eigenvalue weighted by atomic mass is 9.84. The Hall–Kier alpha value is -8.62. The Morgan fingerprint density at radius 3 is 1.52 bits per heavy atom. The molecule has 0 aromatic heterocycles. The van der Waals surface area contributed by atoms with Crippen LogP contribution in [0.5, 0.6) is 92.0 Å². The summed E-state index contributed by atoms with van der Waals surface area (Å²) in [5.41, 5.74) is 14.7. The molecule has 1 saturated carbocycles. The molecule has 0 spiro atoms. The first-order chi connectivity index (χ1) is 46.4. The zero-order valence-electron chi connectivity index (χ0n) is 60.2. The molecule has 10 rings (SSSR count). The van der Waals surface area contributed by atoms with E-state index in [1.165, 1.54) is 100 Å². The van der Waals surface area contributed by atoms with E-state index in [4.69, 9.17) is 37.9 Å². The molecule has 9 aromatic carbocycles. The van der Waals surface area contributed by atoms with Gasteiger partial charge in [0.1, 0.15) is 51.7 Å². The van der Waals surface area contributed by atoms with E-state index in [2.05, 4.69) is 192 Å². The highest BCUT2D eigenvalue weighted by molar-refractivity contribution is 5.74. The van der Waals surface area contributed by atoms with Gasteiger partial charge >= 0.3 is 0 Å². The van der Waals surface area contributed by atoms with Gasteiger partial charge in [0.05, 0.1) is 0 Å². The zero-order valence-corrected chi connectivity index (χ0v) is 60.2. The Morgan fingerprint density at radius 1 is 0.333 bits per heavy atom. The van der Waals surface area contributed by atoms with Crippen molar-refractivity contribution >= 4 is 0 Å². The first kappa shape index (κ1) is 70.2. The van der Waals surface area contributed by atoms with Crippen molar-refractivity contribution in [1.82, 2.24) is 0 Å². The number of hydrogen-bond acceptors (Lipinski definition) is 8. The Balaban J connectivity index is 1.21. The van der Waals surface area contributed by atoms with Gasteiger partial charge in [-0.1, -0.05) is 182 Å². The largest absolute Gasteiger partial charge is 0.457 e. The van der Waals surface area contributed by atoms with Gasteiger partial charge in [0.2, 0.25) is 17.2 Å². The molecule has 1 aliphatic carbocycles. The highest BCUT2D eigenvalue weighted by Gasteiger charge is 2.34. The lowest BCUT2D eigenvalue weighted by Gasteiger charge is -2.28. The summed E-state index contributed by atoms with van der Waals surface area (Å²) < 4.78 is 59.3. The van der Waals surface area contributed by atoms with Crippen molar-refractivity contribution < 1.29 is 37.9 Å². The molecule has 1 fully saturated rings. The Bertz CT molecular complexity index is 4090. The summed E-state index contributed by atoms with van der Waals surface area (Å²) >= 11 is 0. The summed E-state index contributed by atoms with van der Waals surface area (Å²) in [5, 5.41) is 0. The number of aryl methyl sites for hydroxylation is 7. The van der Waals surface area contributed by atoms with Gasteiger partial charge in [-0.2, -0.15) is 0 Å². The Kier molecular flexibility index (Phi) is 24.0. The topological polar surface area (TPSA) is 73.8 Å². The minimum Gasteiger partial charge on any atom is -0.457 e. The summed E-state index contributed by atoms with van der Waals surface area (Å²) in [6.07, 6.45) is 20.5. The lowest BCUT2D eigenvalue weighted by molar-refractivity contribution is 0.336. The van der Waals surface area contributed by atoms with Crippen LogP contribution < -0.4 is 37.9 Å². The molecule has 0 N–H and O–H groups in total. The van der Waals surface area contributed by atoms with Crippen molar-refractivity contribution in [2.45, 2.75) is 219 Å². The minimum absolute atomic E-state index is 0.253. The van der Waals surface area contributed by atoms with Gasteiger partial charge in [-0.25, -0.2) is 0 Å². The molecular weight excluding hydrogens is 1180 g/mol. The molecule has 0 aliphatic heterocycles. The van der Waals surface area contributed by atoms with E-state index in [-0.39, 0.29) is 11.5 Å². The third-order valence-corrected chi connectivity index (χ3v) is 19.8. The highest BCUT2D eigenvalue weighted by atomic mass is 16.6. The number of hydrogen-bond donors (Lipinski definition) is 0. The summed E-state index contributed by atoms with van der Waals surface area (Å²) in [6.45, 7) is 31.6. The van der Waals surface area contributed by atoms with Crippen LogP contribution in [-0.2, 0) is 12.8 Å². The van der Waals surface area contributed by atoms with Gasteiger partial charge in [0.15, 0.2) is 23.0 Å². The quantitative estimate of drug-likeness (QED) is 0.0412. The minimum atomic E-state index is 0.253. The van der Waals surface area contributed by atoms with E-state index in [0.29, 0.717) is 97.7 Å². The van der Waals surface area contributed by atoms with Crippen molar-refractivity contribution in [2.24, 2.45) is 5.92 Å². The average molecular weight is 1290 g/mol. The second kappa shape index (κ2) is 32.9. The maximum Gasteiger partial charge on any atom is 0.216 e. The van der Waals surface area contributed by atoms with E-state index >= 15 is 0 Å². The monoisotopic (exact) mass is 1290 g/mol. The molecule has 8 heteroatoms. The van der Waals surface area contributed by atoms with Crippen LogP contribution in [0.3, 0.4) is 0 Å². The maximum absolute atomic E-state index is 7.97. The molecule has 0 bridgehead atoms. The standard InChI is InChI=1S/C88H104O8/c1-16-19-21-22-23-25-31-69-39-45-75(46-40-69)91-87-82(90-74-47-41-70(42-48-74)55-68(18-3)30-20-17-2)63(11)64(12)83(93-77-34-28-29-58(6)62(77)10)88(87)96-86-84(92-76-51-36-56(4)53-61(76)9)66(14)81(94-79-54-57(5)35-37-59(79)7)67(15)85(86)95-80-60(8)38-52-78(65(80)13)89-73-49-43-72(44-50-73)71-32-26-24-27-33-71/h28-29,34-54,68,71H,16-27,30-33,55H2,1-15H3. The molecule has 0 saturated heterocycles. The molecule has 1 atom stereocenters. The molecule has 96 heavy (non-hydrogen) atoms. The predicted molar refractivity (Wildman–Crippen MR) is 395 cm³/mol. The van der Waals surface area contributed by atoms with Gasteiger partial charge in [-0.15, -0.1) is 0 Å². The smallest absolute Gasteiger partial charge is 0.216 e. The average Bonchev–Trinajstić information content (AvgIpc) is 0.753. The van der Waals surface area contributed by atoms with Gasteiger partial charge in [0.25, 0.3) is 0 Å². The second-order valence-corrected chi connectivity index (χ2v) is 27.4. The van der Waals surface area contributed by atoms with Gasteiger partial charge in [0, 0.05) is 27.8 Å². The molecule has 1 unspecified atom stereocenters. The first-order valence-corrected chi connectivity index (χ1v) is 35.8. The van der Waals surface area contributed by atoms with Crippen molar-refractivity contribution in [3.8, 4) is 92.0 Å². The zero-order chi connectivity index (χ0) is 68.0. The van der Waals surface area contributed by atoms with Crippen LogP contribution in [0.25, 0.3) is 0 Å². The van der Waals surface area contributed by atoms with Crippen molar-refractivity contribution in [3.05, 3.63) is 223 Å². The normalized spacial score (nSPS) is 12.7. The molecule has 8 nitrogen and oxygen atoms in total. The molecule has 0 radical (unpaired) electrons. The second-order valence-electron chi connectivity index (χ2n) is 27.4. The van der Waals surface area contributed by atoms with E-state index in [1.54, 1.807) is 0 Å². The van der Waals surface area contributed by atoms with Crippen LogP contribution in [0, 0.1) is 89.0 Å². The number of rotatable bonds is 30. The van der Waals surface area contributed by atoms with Crippen molar-refractivity contribution in [3.63, 3.8) is 0 Å². The maximum atomic E-state index is 7.97. The third-order valence-electron chi connectivity index (χ3n) is 19.8. The van der Waals surface area contributed by atoms with Gasteiger partial charge < -0.3 is 37.9 Å². The van der Waals surface area contributed by atoms with Crippen LogP contribution >= 0.6 is 0 Å². The molecule has 9 aromatic rings. The molecule has 0 heterocycles. The molecular formula is C88H104O8. The van der Waals surface area contributed by atoms with E-state index in [9.17, 15) is 0 Å². The van der Waals surface area contributed by atoms with Crippen molar-refractivity contribution in [2.75, 3.05) is 0 Å². The van der Waals surface area contributed by atoms with Gasteiger partial charge in [-0.05, 0) is 238 Å². The highest BCUT2D eigenvalue weighted by Crippen LogP contribution is 2.60. The van der Waals surface area contributed by atoms with Crippen molar-refractivity contribution in [1.29, 1.82) is 0 Å². The van der Waals surface area contributed by atoms with Crippen LogP contribution in [0.1, 0.15) is 206 Å². The Labute approximate surface area is 574 Å². The van der Waals surface area contributed by atoms with Gasteiger partial charge in [-0.3, -0.25) is 0 Å². The lowest BCUT2D eigenvalue weighted by Crippen LogP contribution is -2.07. The third kappa shape index (κ3) is 17.1. The number of benzene rings is 9. The molecule has 1 aliphatic rings. The number of unbranched alkanes of at least 4 members (excludes halogenated alkanes) is 6. The first-order valence-electron chi connectivity index (χ1n) is 35.8. The van der Waals surface area contributed by atoms with E-state index in [1.807, 2.05) is 51.1 Å². The SMILES string of the molecule is CCCCCCCCc1ccc(Oc2c(Oc3ccc(CC(CC)CCCC)cc3)c(C)c(C)c(Oc3cccc(C)c3C)c2Oc2c(Oc3ccc(C)cc3C)c(C)c(Oc3cc(C)ccc3C)c(C)c2Oc2c(C)ccc(Oc3ccc(C4CCCCC4)cc3)c2C)cc1.